The molecule has 3 heterocycles. The SMILES string of the molecule is O=C(c1ccncc1)N1CCC[C@H](c2nccn2CC2CCC2)C1. The molecular formula is C19H24N4O. The maximum Gasteiger partial charge on any atom is 0.253 e. The summed E-state index contributed by atoms with van der Waals surface area (Å²) in [4.78, 5) is 23.3. The third-order valence-corrected chi connectivity index (χ3v) is 5.43. The number of imidazole rings is 1. The highest BCUT2D eigenvalue weighted by atomic mass is 16.2. The highest BCUT2D eigenvalue weighted by Crippen LogP contribution is 2.31. The van der Waals surface area contributed by atoms with Crippen LogP contribution in [0.25, 0.3) is 0 Å². The van der Waals surface area contributed by atoms with Gasteiger partial charge in [-0.15, -0.1) is 0 Å². The van der Waals surface area contributed by atoms with E-state index in [0.717, 1.165) is 49.8 Å². The van der Waals surface area contributed by atoms with Crippen molar-refractivity contribution in [2.75, 3.05) is 13.1 Å². The standard InChI is InChI=1S/C19H24N4O/c24-19(16-6-8-20-9-7-16)23-11-2-5-17(14-23)18-21-10-12-22(18)13-15-3-1-4-15/h6-10,12,15,17H,1-5,11,13-14H2/t17-/m0/s1. The van der Waals surface area contributed by atoms with Crippen LogP contribution in [0.1, 0.15) is 54.2 Å². The molecule has 1 saturated heterocycles. The van der Waals surface area contributed by atoms with Crippen LogP contribution < -0.4 is 0 Å². The van der Waals surface area contributed by atoms with Crippen LogP contribution in [0.15, 0.2) is 36.9 Å². The molecule has 2 fully saturated rings. The van der Waals surface area contributed by atoms with E-state index < -0.39 is 0 Å². The first-order valence-corrected chi connectivity index (χ1v) is 9.01. The van der Waals surface area contributed by atoms with E-state index in [2.05, 4.69) is 20.7 Å². The molecule has 1 aliphatic heterocycles. The number of hydrogen-bond acceptors (Lipinski definition) is 3. The number of amides is 1. The Labute approximate surface area is 142 Å². The lowest BCUT2D eigenvalue weighted by atomic mass is 9.85. The molecule has 2 aliphatic rings. The van der Waals surface area contributed by atoms with Crippen molar-refractivity contribution in [1.82, 2.24) is 19.4 Å². The van der Waals surface area contributed by atoms with Gasteiger partial charge in [0.05, 0.1) is 0 Å². The summed E-state index contributed by atoms with van der Waals surface area (Å²) >= 11 is 0. The molecule has 0 bridgehead atoms. The lowest BCUT2D eigenvalue weighted by Gasteiger charge is -2.33. The fraction of sp³-hybridized carbons (Fsp3) is 0.526. The predicted octanol–water partition coefficient (Wildman–Crippen LogP) is 3.10. The molecule has 1 amide bonds. The first-order chi connectivity index (χ1) is 11.8. The van der Waals surface area contributed by atoms with Gasteiger partial charge in [-0.1, -0.05) is 6.42 Å². The summed E-state index contributed by atoms with van der Waals surface area (Å²) in [5, 5.41) is 0. The zero-order valence-corrected chi connectivity index (χ0v) is 14.0. The number of carbonyl (C=O) groups is 1. The van der Waals surface area contributed by atoms with Gasteiger partial charge >= 0.3 is 0 Å². The second-order valence-corrected chi connectivity index (χ2v) is 7.06. The summed E-state index contributed by atoms with van der Waals surface area (Å²) in [6.07, 6.45) is 13.6. The minimum absolute atomic E-state index is 0.110. The molecule has 2 aromatic rings. The smallest absolute Gasteiger partial charge is 0.253 e. The Morgan fingerprint density at radius 1 is 1.12 bits per heavy atom. The maximum absolute atomic E-state index is 12.7. The van der Waals surface area contributed by atoms with Gasteiger partial charge in [0.15, 0.2) is 0 Å². The van der Waals surface area contributed by atoms with Gasteiger partial charge in [0.25, 0.3) is 5.91 Å². The normalized spacial score (nSPS) is 21.5. The number of rotatable bonds is 4. The van der Waals surface area contributed by atoms with E-state index in [1.807, 2.05) is 11.1 Å². The highest BCUT2D eigenvalue weighted by molar-refractivity contribution is 5.94. The van der Waals surface area contributed by atoms with Crippen LogP contribution in [0.3, 0.4) is 0 Å². The summed E-state index contributed by atoms with van der Waals surface area (Å²) in [7, 11) is 0. The van der Waals surface area contributed by atoms with Crippen LogP contribution in [0.2, 0.25) is 0 Å². The Hall–Kier alpha value is -2.17. The van der Waals surface area contributed by atoms with Crippen LogP contribution in [0, 0.1) is 5.92 Å². The van der Waals surface area contributed by atoms with Crippen molar-refractivity contribution in [3.8, 4) is 0 Å². The van der Waals surface area contributed by atoms with E-state index in [1.54, 1.807) is 24.5 Å². The van der Waals surface area contributed by atoms with Crippen molar-refractivity contribution in [2.24, 2.45) is 5.92 Å². The molecule has 2 aromatic heterocycles. The van der Waals surface area contributed by atoms with Crippen molar-refractivity contribution < 1.29 is 4.79 Å². The Kier molecular flexibility index (Phi) is 4.32. The summed E-state index contributed by atoms with van der Waals surface area (Å²) in [5.74, 6) is 2.43. The molecule has 5 heteroatoms. The van der Waals surface area contributed by atoms with Gasteiger partial charge < -0.3 is 9.47 Å². The van der Waals surface area contributed by atoms with Gasteiger partial charge in [0.1, 0.15) is 5.82 Å². The topological polar surface area (TPSA) is 51.0 Å². The van der Waals surface area contributed by atoms with Crippen LogP contribution in [0.5, 0.6) is 0 Å². The van der Waals surface area contributed by atoms with Crippen molar-refractivity contribution >= 4 is 5.91 Å². The van der Waals surface area contributed by atoms with Gasteiger partial charge in [-0.05, 0) is 43.7 Å². The van der Waals surface area contributed by atoms with Gasteiger partial charge in [0, 0.05) is 55.9 Å². The van der Waals surface area contributed by atoms with Gasteiger partial charge in [0.2, 0.25) is 0 Å². The monoisotopic (exact) mass is 324 g/mol. The quantitative estimate of drug-likeness (QED) is 0.868. The molecule has 0 radical (unpaired) electrons. The summed E-state index contributed by atoms with van der Waals surface area (Å²) in [6, 6.07) is 3.59. The van der Waals surface area contributed by atoms with Crippen molar-refractivity contribution in [2.45, 2.75) is 44.6 Å². The molecule has 1 aliphatic carbocycles. The van der Waals surface area contributed by atoms with Crippen molar-refractivity contribution in [1.29, 1.82) is 0 Å². The first-order valence-electron chi connectivity index (χ1n) is 9.01. The fourth-order valence-corrected chi connectivity index (χ4v) is 3.84. The third kappa shape index (κ3) is 3.07. The van der Waals surface area contributed by atoms with E-state index in [4.69, 9.17) is 0 Å². The van der Waals surface area contributed by atoms with E-state index in [1.165, 1.54) is 19.3 Å². The lowest BCUT2D eigenvalue weighted by molar-refractivity contribution is 0.0702. The number of carbonyl (C=O) groups excluding carboxylic acids is 1. The van der Waals surface area contributed by atoms with E-state index in [9.17, 15) is 4.79 Å². The predicted molar refractivity (Wildman–Crippen MR) is 91.7 cm³/mol. The average Bonchev–Trinajstić information content (AvgIpc) is 3.07. The van der Waals surface area contributed by atoms with E-state index in [-0.39, 0.29) is 5.91 Å². The van der Waals surface area contributed by atoms with Crippen molar-refractivity contribution in [3.05, 3.63) is 48.3 Å². The summed E-state index contributed by atoms with van der Waals surface area (Å²) in [5.41, 5.74) is 0.725. The zero-order valence-electron chi connectivity index (χ0n) is 14.0. The van der Waals surface area contributed by atoms with E-state index in [0.29, 0.717) is 5.92 Å². The molecule has 24 heavy (non-hydrogen) atoms. The van der Waals surface area contributed by atoms with Crippen LogP contribution in [0.4, 0.5) is 0 Å². The number of hydrogen-bond donors (Lipinski definition) is 0. The van der Waals surface area contributed by atoms with Crippen LogP contribution in [-0.4, -0.2) is 38.4 Å². The average molecular weight is 324 g/mol. The lowest BCUT2D eigenvalue weighted by Crippen LogP contribution is -2.40. The molecule has 0 unspecified atom stereocenters. The molecule has 1 saturated carbocycles. The Morgan fingerprint density at radius 3 is 2.71 bits per heavy atom. The number of pyridine rings is 1. The first kappa shape index (κ1) is 15.4. The Bertz CT molecular complexity index is 692. The molecule has 4 rings (SSSR count). The third-order valence-electron chi connectivity index (χ3n) is 5.43. The maximum atomic E-state index is 12.7. The second kappa shape index (κ2) is 6.75. The van der Waals surface area contributed by atoms with Crippen molar-refractivity contribution in [3.63, 3.8) is 0 Å². The van der Waals surface area contributed by atoms with Gasteiger partial charge in [-0.25, -0.2) is 4.98 Å². The number of piperidine rings is 1. The fourth-order valence-electron chi connectivity index (χ4n) is 3.84. The Morgan fingerprint density at radius 2 is 1.96 bits per heavy atom. The van der Waals surface area contributed by atoms with E-state index >= 15 is 0 Å². The zero-order chi connectivity index (χ0) is 16.4. The molecule has 0 N–H and O–H groups in total. The Balaban J connectivity index is 1.47. The van der Waals surface area contributed by atoms with Crippen LogP contribution in [-0.2, 0) is 6.54 Å². The largest absolute Gasteiger partial charge is 0.338 e. The molecule has 5 nitrogen and oxygen atoms in total. The van der Waals surface area contributed by atoms with Gasteiger partial charge in [-0.3, -0.25) is 9.78 Å². The molecule has 1 atom stereocenters. The highest BCUT2D eigenvalue weighted by Gasteiger charge is 2.29. The minimum atomic E-state index is 0.110. The minimum Gasteiger partial charge on any atom is -0.338 e. The summed E-state index contributed by atoms with van der Waals surface area (Å²) in [6.45, 7) is 2.69. The second-order valence-electron chi connectivity index (χ2n) is 7.06. The molecule has 0 spiro atoms. The van der Waals surface area contributed by atoms with Gasteiger partial charge in [-0.2, -0.15) is 0 Å². The molecular weight excluding hydrogens is 300 g/mol. The van der Waals surface area contributed by atoms with Crippen LogP contribution >= 0.6 is 0 Å². The molecule has 126 valence electrons. The number of nitrogens with zero attached hydrogens (tertiary/aromatic N) is 4. The molecule has 0 aromatic carbocycles. The number of aromatic nitrogens is 3. The summed E-state index contributed by atoms with van der Waals surface area (Å²) < 4.78 is 2.33. The number of likely N-dealkylation sites (tertiary alicyclic amines) is 1.